The monoisotopic (exact) mass is 499 g/mol. The molecule has 152 valence electrons. The Morgan fingerprint density at radius 2 is 2.11 bits per heavy atom. The number of ether oxygens (including phenoxy) is 2. The van der Waals surface area contributed by atoms with Crippen molar-refractivity contribution in [2.75, 3.05) is 27.3 Å². The Morgan fingerprint density at radius 1 is 1.29 bits per heavy atom. The highest BCUT2D eigenvalue weighted by Crippen LogP contribution is 2.25. The van der Waals surface area contributed by atoms with Gasteiger partial charge in [0.2, 0.25) is 0 Å². The standard InChI is InChI=1S/C20H25N3O4.HI/c1-13-17(19(24)25-3)11-16(27-13)12-23-20(21-2)22-8-6-14-4-5-18-15(10-14)7-9-26-18;/h4-5,10-11H,6-9,12H2,1-3H3,(H2,21,22,23);1H. The van der Waals surface area contributed by atoms with E-state index in [2.05, 4.69) is 27.8 Å². The zero-order valence-corrected chi connectivity index (χ0v) is 18.7. The lowest BCUT2D eigenvalue weighted by molar-refractivity contribution is 0.0599. The zero-order chi connectivity index (χ0) is 19.2. The summed E-state index contributed by atoms with van der Waals surface area (Å²) < 4.78 is 15.9. The average molecular weight is 499 g/mol. The van der Waals surface area contributed by atoms with Crippen molar-refractivity contribution < 1.29 is 18.7 Å². The summed E-state index contributed by atoms with van der Waals surface area (Å²) in [5.41, 5.74) is 2.99. The fourth-order valence-corrected chi connectivity index (χ4v) is 3.06. The van der Waals surface area contributed by atoms with Crippen LogP contribution in [0.4, 0.5) is 0 Å². The first-order valence-corrected chi connectivity index (χ1v) is 8.97. The summed E-state index contributed by atoms with van der Waals surface area (Å²) in [6, 6.07) is 8.04. The van der Waals surface area contributed by atoms with Gasteiger partial charge in [0.05, 0.1) is 20.3 Å². The highest BCUT2D eigenvalue weighted by atomic mass is 127. The van der Waals surface area contributed by atoms with Crippen LogP contribution in [-0.4, -0.2) is 39.2 Å². The van der Waals surface area contributed by atoms with Gasteiger partial charge in [0, 0.05) is 20.0 Å². The van der Waals surface area contributed by atoms with Crippen molar-refractivity contribution in [2.45, 2.75) is 26.3 Å². The topological polar surface area (TPSA) is 85.1 Å². The van der Waals surface area contributed by atoms with E-state index < -0.39 is 5.97 Å². The number of methoxy groups -OCH3 is 1. The zero-order valence-electron chi connectivity index (χ0n) is 16.3. The van der Waals surface area contributed by atoms with Crippen molar-refractivity contribution >= 4 is 35.9 Å². The molecule has 7 nitrogen and oxygen atoms in total. The Kier molecular flexibility index (Phi) is 8.16. The highest BCUT2D eigenvalue weighted by Gasteiger charge is 2.15. The molecule has 2 N–H and O–H groups in total. The van der Waals surface area contributed by atoms with Crippen LogP contribution in [-0.2, 0) is 24.1 Å². The third-order valence-corrected chi connectivity index (χ3v) is 4.49. The second-order valence-corrected chi connectivity index (χ2v) is 6.32. The van der Waals surface area contributed by atoms with Crippen molar-refractivity contribution in [1.29, 1.82) is 0 Å². The molecule has 2 aromatic rings. The van der Waals surface area contributed by atoms with Crippen LogP contribution >= 0.6 is 24.0 Å². The first-order valence-electron chi connectivity index (χ1n) is 8.97. The van der Waals surface area contributed by atoms with Crippen LogP contribution in [0.15, 0.2) is 33.7 Å². The number of aryl methyl sites for hydroxylation is 1. The number of carbonyl (C=O) groups excluding carboxylic acids is 1. The van der Waals surface area contributed by atoms with E-state index in [4.69, 9.17) is 13.9 Å². The molecule has 0 saturated heterocycles. The molecular weight excluding hydrogens is 473 g/mol. The molecule has 0 unspecified atom stereocenters. The summed E-state index contributed by atoms with van der Waals surface area (Å²) in [4.78, 5) is 15.9. The Balaban J connectivity index is 0.00000280. The van der Waals surface area contributed by atoms with Crippen LogP contribution in [0.5, 0.6) is 5.75 Å². The van der Waals surface area contributed by atoms with E-state index in [1.807, 2.05) is 6.07 Å². The van der Waals surface area contributed by atoms with E-state index in [0.717, 1.165) is 31.7 Å². The number of carbonyl (C=O) groups is 1. The first kappa shape index (κ1) is 22.1. The van der Waals surface area contributed by atoms with Crippen molar-refractivity contribution in [2.24, 2.45) is 4.99 Å². The van der Waals surface area contributed by atoms with Crippen LogP contribution in [0.1, 0.15) is 33.0 Å². The van der Waals surface area contributed by atoms with Crippen LogP contribution in [0.2, 0.25) is 0 Å². The van der Waals surface area contributed by atoms with Gasteiger partial charge in [-0.1, -0.05) is 12.1 Å². The van der Waals surface area contributed by atoms with Gasteiger partial charge in [-0.15, -0.1) is 24.0 Å². The maximum Gasteiger partial charge on any atom is 0.341 e. The SMILES string of the molecule is CN=C(NCCc1ccc2c(c1)CCO2)NCc1cc(C(=O)OC)c(C)o1.I. The lowest BCUT2D eigenvalue weighted by Crippen LogP contribution is -2.37. The van der Waals surface area contributed by atoms with E-state index >= 15 is 0 Å². The van der Waals surface area contributed by atoms with Crippen molar-refractivity contribution in [3.63, 3.8) is 0 Å². The molecule has 1 aromatic carbocycles. The van der Waals surface area contributed by atoms with Crippen molar-refractivity contribution in [1.82, 2.24) is 10.6 Å². The molecule has 1 aromatic heterocycles. The number of guanidine groups is 1. The van der Waals surface area contributed by atoms with Gasteiger partial charge >= 0.3 is 5.97 Å². The van der Waals surface area contributed by atoms with E-state index in [0.29, 0.717) is 29.6 Å². The molecule has 0 spiro atoms. The molecule has 0 aliphatic carbocycles. The Morgan fingerprint density at radius 3 is 2.86 bits per heavy atom. The number of benzene rings is 1. The number of nitrogens with one attached hydrogen (secondary N) is 2. The van der Waals surface area contributed by atoms with Gasteiger partial charge in [-0.05, 0) is 36.6 Å². The summed E-state index contributed by atoms with van der Waals surface area (Å²) in [7, 11) is 3.07. The largest absolute Gasteiger partial charge is 0.493 e. The molecule has 0 radical (unpaired) electrons. The Hall–Kier alpha value is -2.23. The molecule has 2 heterocycles. The highest BCUT2D eigenvalue weighted by molar-refractivity contribution is 14.0. The third-order valence-electron chi connectivity index (χ3n) is 4.49. The summed E-state index contributed by atoms with van der Waals surface area (Å²) in [6.07, 6.45) is 1.87. The lowest BCUT2D eigenvalue weighted by atomic mass is 10.1. The molecule has 8 heteroatoms. The van der Waals surface area contributed by atoms with E-state index in [9.17, 15) is 4.79 Å². The van der Waals surface area contributed by atoms with Crippen LogP contribution in [0, 0.1) is 6.92 Å². The van der Waals surface area contributed by atoms with Crippen LogP contribution in [0.3, 0.4) is 0 Å². The molecule has 1 aliphatic heterocycles. The van der Waals surface area contributed by atoms with Gasteiger partial charge in [-0.25, -0.2) is 4.79 Å². The second kappa shape index (κ2) is 10.4. The average Bonchev–Trinajstić information content (AvgIpc) is 3.29. The van der Waals surface area contributed by atoms with E-state index in [1.54, 1.807) is 20.0 Å². The summed E-state index contributed by atoms with van der Waals surface area (Å²) >= 11 is 0. The Labute approximate surface area is 181 Å². The van der Waals surface area contributed by atoms with Crippen molar-refractivity contribution in [3.8, 4) is 5.75 Å². The summed E-state index contributed by atoms with van der Waals surface area (Å²) in [5.74, 6) is 2.47. The predicted molar refractivity (Wildman–Crippen MR) is 118 cm³/mol. The molecule has 3 rings (SSSR count). The van der Waals surface area contributed by atoms with Crippen LogP contribution < -0.4 is 15.4 Å². The third kappa shape index (κ3) is 5.40. The number of nitrogens with zero attached hydrogens (tertiary/aromatic N) is 1. The second-order valence-electron chi connectivity index (χ2n) is 6.32. The molecule has 0 bridgehead atoms. The quantitative estimate of drug-likeness (QED) is 0.275. The molecule has 0 atom stereocenters. The smallest absolute Gasteiger partial charge is 0.341 e. The summed E-state index contributed by atoms with van der Waals surface area (Å²) in [6.45, 7) is 3.69. The van der Waals surface area contributed by atoms with Crippen molar-refractivity contribution in [3.05, 3.63) is 52.5 Å². The fourth-order valence-electron chi connectivity index (χ4n) is 3.06. The minimum absolute atomic E-state index is 0. The first-order chi connectivity index (χ1) is 13.1. The number of aliphatic imine (C=N–C) groups is 1. The summed E-state index contributed by atoms with van der Waals surface area (Å²) in [5, 5.41) is 6.47. The molecular formula is C20H26IN3O4. The lowest BCUT2D eigenvalue weighted by Gasteiger charge is -2.11. The van der Waals surface area contributed by atoms with Gasteiger partial charge < -0.3 is 24.5 Å². The van der Waals surface area contributed by atoms with Gasteiger partial charge in [-0.2, -0.15) is 0 Å². The number of esters is 1. The van der Waals surface area contributed by atoms with Gasteiger partial charge in [0.1, 0.15) is 22.8 Å². The molecule has 0 fully saturated rings. The number of rotatable bonds is 6. The van der Waals surface area contributed by atoms with E-state index in [1.165, 1.54) is 18.2 Å². The predicted octanol–water partition coefficient (Wildman–Crippen LogP) is 2.84. The Bertz CT molecular complexity index is 848. The van der Waals surface area contributed by atoms with Gasteiger partial charge in [0.25, 0.3) is 0 Å². The van der Waals surface area contributed by atoms with Crippen LogP contribution in [0.25, 0.3) is 0 Å². The maximum absolute atomic E-state index is 11.6. The van der Waals surface area contributed by atoms with Gasteiger partial charge in [0.15, 0.2) is 5.96 Å². The fraction of sp³-hybridized carbons (Fsp3) is 0.400. The normalized spacial score (nSPS) is 12.6. The number of fused-ring (bicyclic) bond motifs is 1. The molecule has 1 aliphatic rings. The number of hydrogen-bond acceptors (Lipinski definition) is 5. The number of halogens is 1. The molecule has 0 amide bonds. The molecule has 0 saturated carbocycles. The van der Waals surface area contributed by atoms with E-state index in [-0.39, 0.29) is 24.0 Å². The number of furan rings is 1. The molecule has 28 heavy (non-hydrogen) atoms. The minimum atomic E-state index is -0.398. The van der Waals surface area contributed by atoms with Gasteiger partial charge in [-0.3, -0.25) is 4.99 Å². The maximum atomic E-state index is 11.6. The number of hydrogen-bond donors (Lipinski definition) is 2. The minimum Gasteiger partial charge on any atom is -0.493 e.